The largest absolute Gasteiger partial charge is 0.368 e. The third-order valence-electron chi connectivity index (χ3n) is 4.74. The van der Waals surface area contributed by atoms with Crippen LogP contribution in [0.1, 0.15) is 44.1 Å². The van der Waals surface area contributed by atoms with Gasteiger partial charge in [-0.25, -0.2) is 0 Å². The maximum absolute atomic E-state index is 6.15. The molecular formula is C16H21BrClN. The highest BCUT2D eigenvalue weighted by Gasteiger charge is 2.33. The Morgan fingerprint density at radius 1 is 1.16 bits per heavy atom. The maximum Gasteiger partial charge on any atom is 0.0494 e. The lowest BCUT2D eigenvalue weighted by Crippen LogP contribution is -2.47. The second-order valence-corrected chi connectivity index (χ2v) is 7.04. The minimum Gasteiger partial charge on any atom is -0.368 e. The monoisotopic (exact) mass is 341 g/mol. The van der Waals surface area contributed by atoms with Crippen molar-refractivity contribution in [2.24, 2.45) is 5.92 Å². The molecule has 3 heteroatoms. The molecule has 3 rings (SSSR count). The molecule has 2 atom stereocenters. The van der Waals surface area contributed by atoms with Crippen LogP contribution in [-0.2, 0) is 5.88 Å². The Labute approximate surface area is 129 Å². The van der Waals surface area contributed by atoms with Crippen LogP contribution in [0.4, 0.5) is 5.69 Å². The number of benzene rings is 1. The minimum atomic E-state index is 0.600. The van der Waals surface area contributed by atoms with Gasteiger partial charge in [-0.3, -0.25) is 0 Å². The van der Waals surface area contributed by atoms with Gasteiger partial charge in [0.2, 0.25) is 0 Å². The number of alkyl halides is 1. The summed E-state index contributed by atoms with van der Waals surface area (Å²) in [5.41, 5.74) is 2.64. The van der Waals surface area contributed by atoms with Gasteiger partial charge in [0, 0.05) is 28.6 Å². The van der Waals surface area contributed by atoms with Gasteiger partial charge in [0.25, 0.3) is 0 Å². The van der Waals surface area contributed by atoms with E-state index in [1.165, 1.54) is 56.3 Å². The van der Waals surface area contributed by atoms with E-state index in [-0.39, 0.29) is 0 Å². The summed E-state index contributed by atoms with van der Waals surface area (Å²) in [7, 11) is 0. The summed E-state index contributed by atoms with van der Waals surface area (Å²) in [5, 5.41) is 0. The number of anilines is 1. The Hall–Kier alpha value is -0.210. The van der Waals surface area contributed by atoms with Gasteiger partial charge in [0.15, 0.2) is 0 Å². The van der Waals surface area contributed by atoms with Crippen LogP contribution in [0.3, 0.4) is 0 Å². The molecule has 1 aromatic rings. The van der Waals surface area contributed by atoms with Crippen LogP contribution < -0.4 is 4.90 Å². The van der Waals surface area contributed by atoms with Crippen LogP contribution >= 0.6 is 27.5 Å². The summed E-state index contributed by atoms with van der Waals surface area (Å²) in [6.07, 6.45) is 8.37. The topological polar surface area (TPSA) is 3.24 Å². The normalized spacial score (nSPS) is 27.2. The van der Waals surface area contributed by atoms with Crippen LogP contribution in [0, 0.1) is 5.92 Å². The standard InChI is InChI=1S/C16H21BrClN/c17-14-7-8-16(13(10-14)11-18)19-9-3-5-12-4-1-2-6-15(12)19/h7-8,10,12,15H,1-6,9,11H2. The van der Waals surface area contributed by atoms with Crippen molar-refractivity contribution in [2.75, 3.05) is 11.4 Å². The van der Waals surface area contributed by atoms with E-state index < -0.39 is 0 Å². The van der Waals surface area contributed by atoms with Gasteiger partial charge < -0.3 is 4.90 Å². The zero-order chi connectivity index (χ0) is 13.2. The highest BCUT2D eigenvalue weighted by molar-refractivity contribution is 9.10. The third kappa shape index (κ3) is 2.80. The van der Waals surface area contributed by atoms with Crippen LogP contribution in [0.25, 0.3) is 0 Å². The summed E-state index contributed by atoms with van der Waals surface area (Å²) in [4.78, 5) is 2.65. The quantitative estimate of drug-likeness (QED) is 0.655. The van der Waals surface area contributed by atoms with Crippen molar-refractivity contribution < 1.29 is 0 Å². The van der Waals surface area contributed by atoms with Crippen molar-refractivity contribution in [1.82, 2.24) is 0 Å². The Morgan fingerprint density at radius 2 is 1.95 bits per heavy atom. The number of halogens is 2. The molecule has 2 aliphatic rings. The summed E-state index contributed by atoms with van der Waals surface area (Å²) >= 11 is 9.70. The van der Waals surface area contributed by atoms with Gasteiger partial charge >= 0.3 is 0 Å². The van der Waals surface area contributed by atoms with Crippen molar-refractivity contribution in [3.05, 3.63) is 28.2 Å². The number of rotatable bonds is 2. The van der Waals surface area contributed by atoms with E-state index in [0.29, 0.717) is 5.88 Å². The first kappa shape index (κ1) is 13.8. The molecule has 0 aromatic heterocycles. The molecule has 0 N–H and O–H groups in total. The maximum atomic E-state index is 6.15. The van der Waals surface area contributed by atoms with E-state index in [4.69, 9.17) is 11.6 Å². The third-order valence-corrected chi connectivity index (χ3v) is 5.52. The van der Waals surface area contributed by atoms with Crippen LogP contribution in [0.5, 0.6) is 0 Å². The van der Waals surface area contributed by atoms with Gasteiger partial charge in [-0.05, 0) is 55.4 Å². The molecule has 0 bridgehead atoms. The van der Waals surface area contributed by atoms with Gasteiger partial charge in [-0.1, -0.05) is 28.8 Å². The van der Waals surface area contributed by atoms with E-state index in [2.05, 4.69) is 39.0 Å². The molecule has 1 aromatic carbocycles. The molecule has 2 unspecified atom stereocenters. The fraction of sp³-hybridized carbons (Fsp3) is 0.625. The van der Waals surface area contributed by atoms with E-state index >= 15 is 0 Å². The second-order valence-electron chi connectivity index (χ2n) is 5.85. The molecule has 1 saturated carbocycles. The number of piperidine rings is 1. The number of nitrogens with zero attached hydrogens (tertiary/aromatic N) is 1. The van der Waals surface area contributed by atoms with Gasteiger partial charge in [-0.2, -0.15) is 0 Å². The van der Waals surface area contributed by atoms with Gasteiger partial charge in [0.1, 0.15) is 0 Å². The number of hydrogen-bond acceptors (Lipinski definition) is 1. The molecule has 19 heavy (non-hydrogen) atoms. The second kappa shape index (κ2) is 6.05. The van der Waals surface area contributed by atoms with Crippen molar-refractivity contribution in [2.45, 2.75) is 50.4 Å². The predicted molar refractivity (Wildman–Crippen MR) is 86.0 cm³/mol. The molecule has 1 saturated heterocycles. The SMILES string of the molecule is ClCc1cc(Br)ccc1N1CCCC2CCCCC21. The van der Waals surface area contributed by atoms with E-state index in [9.17, 15) is 0 Å². The molecule has 1 aliphatic carbocycles. The smallest absolute Gasteiger partial charge is 0.0494 e. The minimum absolute atomic E-state index is 0.600. The van der Waals surface area contributed by atoms with Crippen molar-refractivity contribution in [3.63, 3.8) is 0 Å². The first-order valence-electron chi connectivity index (χ1n) is 7.40. The molecule has 0 spiro atoms. The van der Waals surface area contributed by atoms with E-state index in [0.717, 1.165) is 16.4 Å². The summed E-state index contributed by atoms with van der Waals surface area (Å²) in [6, 6.07) is 7.33. The molecule has 1 aliphatic heterocycles. The zero-order valence-electron chi connectivity index (χ0n) is 11.2. The molecule has 0 radical (unpaired) electrons. The lowest BCUT2D eigenvalue weighted by atomic mass is 9.78. The molecule has 2 fully saturated rings. The average molecular weight is 343 g/mol. The highest BCUT2D eigenvalue weighted by Crippen LogP contribution is 2.39. The molecular weight excluding hydrogens is 322 g/mol. The van der Waals surface area contributed by atoms with Crippen LogP contribution in [-0.4, -0.2) is 12.6 Å². The number of fused-ring (bicyclic) bond motifs is 1. The van der Waals surface area contributed by atoms with Gasteiger partial charge in [0.05, 0.1) is 0 Å². The van der Waals surface area contributed by atoms with E-state index in [1.807, 2.05) is 0 Å². The fourth-order valence-electron chi connectivity index (χ4n) is 3.87. The van der Waals surface area contributed by atoms with Crippen LogP contribution in [0.2, 0.25) is 0 Å². The Balaban J connectivity index is 1.91. The van der Waals surface area contributed by atoms with Crippen molar-refractivity contribution >= 4 is 33.2 Å². The van der Waals surface area contributed by atoms with Crippen LogP contribution in [0.15, 0.2) is 22.7 Å². The highest BCUT2D eigenvalue weighted by atomic mass is 79.9. The Morgan fingerprint density at radius 3 is 2.79 bits per heavy atom. The Bertz CT molecular complexity index is 446. The summed E-state index contributed by atoms with van der Waals surface area (Å²) < 4.78 is 1.13. The molecule has 104 valence electrons. The lowest BCUT2D eigenvalue weighted by molar-refractivity contribution is 0.243. The van der Waals surface area contributed by atoms with Crippen molar-refractivity contribution in [1.29, 1.82) is 0 Å². The first-order chi connectivity index (χ1) is 9.29. The summed E-state index contributed by atoms with van der Waals surface area (Å²) in [5.74, 6) is 1.51. The fourth-order valence-corrected chi connectivity index (χ4v) is 4.49. The van der Waals surface area contributed by atoms with E-state index in [1.54, 1.807) is 0 Å². The van der Waals surface area contributed by atoms with Crippen molar-refractivity contribution in [3.8, 4) is 0 Å². The average Bonchev–Trinajstić information content (AvgIpc) is 2.46. The zero-order valence-corrected chi connectivity index (χ0v) is 13.6. The first-order valence-corrected chi connectivity index (χ1v) is 8.73. The Kier molecular flexibility index (Phi) is 4.38. The summed E-state index contributed by atoms with van der Waals surface area (Å²) in [6.45, 7) is 1.20. The number of hydrogen-bond donors (Lipinski definition) is 0. The molecule has 1 heterocycles. The van der Waals surface area contributed by atoms with Gasteiger partial charge in [-0.15, -0.1) is 11.6 Å². The predicted octanol–water partition coefficient (Wildman–Crippen LogP) is 5.35. The molecule has 1 nitrogen and oxygen atoms in total. The molecule has 0 amide bonds. The lowest BCUT2D eigenvalue weighted by Gasteiger charge is -2.46.